The number of benzene rings is 1. The highest BCUT2D eigenvalue weighted by Gasteiger charge is 2.37. The quantitative estimate of drug-likeness (QED) is 0.737. The van der Waals surface area contributed by atoms with Gasteiger partial charge in [0.2, 0.25) is 0 Å². The lowest BCUT2D eigenvalue weighted by Gasteiger charge is -2.46. The molecule has 2 aromatic heterocycles. The van der Waals surface area contributed by atoms with E-state index in [-0.39, 0.29) is 0 Å². The fourth-order valence-corrected chi connectivity index (χ4v) is 4.67. The van der Waals surface area contributed by atoms with Gasteiger partial charge in [-0.1, -0.05) is 6.07 Å². The summed E-state index contributed by atoms with van der Waals surface area (Å²) in [6.07, 6.45) is 9.25. The van der Waals surface area contributed by atoms with E-state index in [9.17, 15) is 0 Å². The number of nitrogens with zero attached hydrogens (tertiary/aromatic N) is 4. The van der Waals surface area contributed by atoms with Crippen LogP contribution in [0.15, 0.2) is 36.9 Å². The Kier molecular flexibility index (Phi) is 3.16. The molecule has 1 saturated heterocycles. The third kappa shape index (κ3) is 2.35. The van der Waals surface area contributed by atoms with E-state index >= 15 is 0 Å². The van der Waals surface area contributed by atoms with Crippen molar-refractivity contribution in [3.63, 3.8) is 0 Å². The minimum absolute atomic E-state index is 0.668. The Morgan fingerprint density at radius 1 is 1.04 bits per heavy atom. The molecule has 3 aromatic rings. The minimum Gasteiger partial charge on any atom is -0.300 e. The van der Waals surface area contributed by atoms with Gasteiger partial charge in [0.25, 0.3) is 0 Å². The van der Waals surface area contributed by atoms with Crippen molar-refractivity contribution in [2.75, 3.05) is 13.1 Å². The molecule has 0 bridgehead atoms. The van der Waals surface area contributed by atoms with E-state index in [0.29, 0.717) is 5.92 Å². The van der Waals surface area contributed by atoms with Gasteiger partial charge in [-0.05, 0) is 50.0 Å². The molecule has 0 atom stereocenters. The second-order valence-electron chi connectivity index (χ2n) is 6.57. The van der Waals surface area contributed by atoms with Crippen LogP contribution < -0.4 is 0 Å². The van der Waals surface area contributed by atoms with Gasteiger partial charge in [-0.2, -0.15) is 0 Å². The van der Waals surface area contributed by atoms with E-state index < -0.39 is 0 Å². The maximum absolute atomic E-state index is 4.88. The van der Waals surface area contributed by atoms with Crippen molar-refractivity contribution in [3.8, 4) is 11.1 Å². The molecular weight excluding hydrogens is 304 g/mol. The lowest BCUT2D eigenvalue weighted by molar-refractivity contribution is 0.0541. The van der Waals surface area contributed by atoms with Crippen LogP contribution in [0.3, 0.4) is 0 Å². The van der Waals surface area contributed by atoms with Crippen molar-refractivity contribution in [2.45, 2.75) is 31.2 Å². The number of likely N-dealkylation sites (tertiary alicyclic amines) is 1. The summed E-state index contributed by atoms with van der Waals surface area (Å²) in [5.41, 5.74) is 3.35. The maximum Gasteiger partial charge on any atom is 0.115 e. The van der Waals surface area contributed by atoms with E-state index in [4.69, 9.17) is 4.98 Å². The van der Waals surface area contributed by atoms with Crippen LogP contribution in [-0.2, 0) is 0 Å². The van der Waals surface area contributed by atoms with Gasteiger partial charge in [0, 0.05) is 29.9 Å². The summed E-state index contributed by atoms with van der Waals surface area (Å²) < 4.78 is 1.27. The largest absolute Gasteiger partial charge is 0.300 e. The standard InChI is InChI=1S/C18H18N4S/c1-4-22(5-1)15-6-13(7-15)18-21-16-3-2-12(8-17(16)23-18)14-9-19-11-20-10-14/h2-3,8-11,13,15H,1,4-7H2. The second-order valence-corrected chi connectivity index (χ2v) is 7.64. The number of hydrogen-bond donors (Lipinski definition) is 0. The predicted octanol–water partition coefficient (Wildman–Crippen LogP) is 3.71. The molecule has 0 spiro atoms. The van der Waals surface area contributed by atoms with Crippen molar-refractivity contribution in [1.82, 2.24) is 19.9 Å². The van der Waals surface area contributed by atoms with Crippen LogP contribution in [0.5, 0.6) is 0 Å². The lowest BCUT2D eigenvalue weighted by Crippen LogP contribution is -2.50. The van der Waals surface area contributed by atoms with E-state index in [1.807, 2.05) is 23.7 Å². The molecule has 5 rings (SSSR count). The monoisotopic (exact) mass is 322 g/mol. The Balaban J connectivity index is 1.40. The Bertz CT molecular complexity index is 835. The number of rotatable bonds is 3. The maximum atomic E-state index is 4.88. The van der Waals surface area contributed by atoms with Gasteiger partial charge in [0.15, 0.2) is 0 Å². The molecule has 1 aliphatic heterocycles. The molecule has 23 heavy (non-hydrogen) atoms. The number of thiazole rings is 1. The highest BCUT2D eigenvalue weighted by molar-refractivity contribution is 7.18. The third-order valence-corrected chi connectivity index (χ3v) is 6.35. The van der Waals surface area contributed by atoms with Crippen LogP contribution in [-0.4, -0.2) is 39.0 Å². The molecule has 0 radical (unpaired) electrons. The molecule has 2 fully saturated rings. The van der Waals surface area contributed by atoms with E-state index in [1.54, 1.807) is 6.33 Å². The number of fused-ring (bicyclic) bond motifs is 1. The van der Waals surface area contributed by atoms with Crippen molar-refractivity contribution < 1.29 is 0 Å². The lowest BCUT2D eigenvalue weighted by atomic mass is 9.78. The van der Waals surface area contributed by atoms with Crippen LogP contribution in [0, 0.1) is 0 Å². The Hall–Kier alpha value is -1.85. The highest BCUT2D eigenvalue weighted by Crippen LogP contribution is 2.43. The van der Waals surface area contributed by atoms with Gasteiger partial charge in [0.05, 0.1) is 15.2 Å². The van der Waals surface area contributed by atoms with Crippen LogP contribution >= 0.6 is 11.3 Å². The molecule has 0 amide bonds. The van der Waals surface area contributed by atoms with Gasteiger partial charge in [-0.3, -0.25) is 0 Å². The molecular formula is C18H18N4S. The van der Waals surface area contributed by atoms with Crippen LogP contribution in [0.4, 0.5) is 0 Å². The highest BCUT2D eigenvalue weighted by atomic mass is 32.1. The average molecular weight is 322 g/mol. The SMILES string of the molecule is c1ncc(-c2ccc3nc(C4CC(N5CCC5)C4)sc3c2)cn1. The first kappa shape index (κ1) is 13.6. The smallest absolute Gasteiger partial charge is 0.115 e. The average Bonchev–Trinajstić information content (AvgIpc) is 2.91. The summed E-state index contributed by atoms with van der Waals surface area (Å²) in [6, 6.07) is 7.29. The van der Waals surface area contributed by atoms with Crippen LogP contribution in [0.25, 0.3) is 21.3 Å². The Morgan fingerprint density at radius 2 is 1.87 bits per heavy atom. The van der Waals surface area contributed by atoms with Crippen molar-refractivity contribution in [2.24, 2.45) is 0 Å². The van der Waals surface area contributed by atoms with Crippen LogP contribution in [0.1, 0.15) is 30.2 Å². The number of aromatic nitrogens is 3. The second kappa shape index (κ2) is 5.35. The predicted molar refractivity (Wildman–Crippen MR) is 92.6 cm³/mol. The fraction of sp³-hybridized carbons (Fsp3) is 0.389. The molecule has 2 aliphatic rings. The molecule has 0 unspecified atom stereocenters. The van der Waals surface area contributed by atoms with E-state index in [2.05, 4.69) is 33.1 Å². The van der Waals surface area contributed by atoms with Gasteiger partial charge in [0.1, 0.15) is 6.33 Å². The Morgan fingerprint density at radius 3 is 2.61 bits per heavy atom. The molecule has 1 aromatic carbocycles. The van der Waals surface area contributed by atoms with Crippen molar-refractivity contribution in [1.29, 1.82) is 0 Å². The summed E-state index contributed by atoms with van der Waals surface area (Å²) in [5.74, 6) is 0.668. The van der Waals surface area contributed by atoms with Gasteiger partial charge in [-0.25, -0.2) is 15.0 Å². The minimum atomic E-state index is 0.668. The Labute approximate surface area is 139 Å². The number of hydrogen-bond acceptors (Lipinski definition) is 5. The fourth-order valence-electron chi connectivity index (χ4n) is 3.54. The summed E-state index contributed by atoms with van der Waals surface area (Å²) in [4.78, 5) is 15.7. The molecule has 1 aliphatic carbocycles. The first-order valence-corrected chi connectivity index (χ1v) is 9.08. The zero-order valence-electron chi connectivity index (χ0n) is 12.9. The summed E-state index contributed by atoms with van der Waals surface area (Å²) in [7, 11) is 0. The van der Waals surface area contributed by atoms with Crippen molar-refractivity contribution in [3.05, 3.63) is 41.9 Å². The summed E-state index contributed by atoms with van der Waals surface area (Å²) in [6.45, 7) is 2.61. The molecule has 0 N–H and O–H groups in total. The first-order valence-electron chi connectivity index (χ1n) is 8.27. The van der Waals surface area contributed by atoms with E-state index in [0.717, 1.165) is 17.1 Å². The third-order valence-electron chi connectivity index (χ3n) is 5.17. The van der Waals surface area contributed by atoms with Gasteiger partial charge < -0.3 is 4.90 Å². The zero-order chi connectivity index (χ0) is 15.2. The molecule has 3 heterocycles. The van der Waals surface area contributed by atoms with Gasteiger partial charge in [-0.15, -0.1) is 11.3 Å². The normalized spacial score (nSPS) is 24.3. The van der Waals surface area contributed by atoms with Gasteiger partial charge >= 0.3 is 0 Å². The van der Waals surface area contributed by atoms with Crippen molar-refractivity contribution >= 4 is 21.6 Å². The first-order chi connectivity index (χ1) is 11.4. The van der Waals surface area contributed by atoms with Crippen LogP contribution in [0.2, 0.25) is 0 Å². The summed E-state index contributed by atoms with van der Waals surface area (Å²) >= 11 is 1.86. The topological polar surface area (TPSA) is 41.9 Å². The molecule has 4 nitrogen and oxygen atoms in total. The zero-order valence-corrected chi connectivity index (χ0v) is 13.7. The van der Waals surface area contributed by atoms with E-state index in [1.165, 1.54) is 47.6 Å². The molecule has 1 saturated carbocycles. The molecule has 5 heteroatoms. The summed E-state index contributed by atoms with van der Waals surface area (Å²) in [5, 5.41) is 1.32. The molecule has 116 valence electrons.